The topological polar surface area (TPSA) is 29.9 Å². The Morgan fingerprint density at radius 2 is 2.28 bits per heavy atom. The van der Waals surface area contributed by atoms with E-state index in [0.29, 0.717) is 6.04 Å². The molecule has 2 aliphatic rings. The van der Waals surface area contributed by atoms with Crippen molar-refractivity contribution in [1.29, 1.82) is 0 Å². The van der Waals surface area contributed by atoms with Crippen LogP contribution in [0.4, 0.5) is 0 Å². The van der Waals surface area contributed by atoms with Crippen molar-refractivity contribution >= 4 is 0 Å². The normalized spacial score (nSPS) is 30.5. The summed E-state index contributed by atoms with van der Waals surface area (Å²) < 4.78 is 2.17. The summed E-state index contributed by atoms with van der Waals surface area (Å²) in [5.74, 6) is 2.93. The second kappa shape index (κ2) is 5.04. The first-order chi connectivity index (χ1) is 8.70. The summed E-state index contributed by atoms with van der Waals surface area (Å²) in [6.45, 7) is 6.38. The highest BCUT2D eigenvalue weighted by molar-refractivity contribution is 4.99. The van der Waals surface area contributed by atoms with Crippen molar-refractivity contribution in [2.75, 3.05) is 0 Å². The fourth-order valence-electron chi connectivity index (χ4n) is 3.75. The zero-order valence-corrected chi connectivity index (χ0v) is 11.6. The molecule has 3 rings (SSSR count). The number of hydrogen-bond donors (Lipinski definition) is 1. The van der Waals surface area contributed by atoms with Gasteiger partial charge in [0.25, 0.3) is 0 Å². The summed E-state index contributed by atoms with van der Waals surface area (Å²) in [6, 6.07) is 2.68. The summed E-state index contributed by atoms with van der Waals surface area (Å²) >= 11 is 0. The SMILES string of the molecule is CC(C)NCc1ccn(CC2CC3CCC2C3)n1. The largest absolute Gasteiger partial charge is 0.309 e. The zero-order valence-electron chi connectivity index (χ0n) is 11.6. The van der Waals surface area contributed by atoms with Crippen LogP contribution in [-0.2, 0) is 13.1 Å². The van der Waals surface area contributed by atoms with Crippen molar-refractivity contribution in [3.05, 3.63) is 18.0 Å². The molecule has 1 heterocycles. The molecule has 2 saturated carbocycles. The van der Waals surface area contributed by atoms with Crippen molar-refractivity contribution in [1.82, 2.24) is 15.1 Å². The maximum Gasteiger partial charge on any atom is 0.0762 e. The van der Waals surface area contributed by atoms with Gasteiger partial charge in [0.1, 0.15) is 0 Å². The Morgan fingerprint density at radius 3 is 2.94 bits per heavy atom. The first kappa shape index (κ1) is 12.2. The number of rotatable bonds is 5. The second-order valence-corrected chi connectivity index (χ2v) is 6.50. The Morgan fingerprint density at radius 1 is 1.39 bits per heavy atom. The Kier molecular flexibility index (Phi) is 3.42. The molecule has 3 heteroatoms. The first-order valence-electron chi connectivity index (χ1n) is 7.46. The lowest BCUT2D eigenvalue weighted by Crippen LogP contribution is -2.22. The molecule has 18 heavy (non-hydrogen) atoms. The molecule has 3 nitrogen and oxygen atoms in total. The van der Waals surface area contributed by atoms with Crippen molar-refractivity contribution < 1.29 is 0 Å². The molecular weight excluding hydrogens is 222 g/mol. The van der Waals surface area contributed by atoms with E-state index in [4.69, 9.17) is 0 Å². The summed E-state index contributed by atoms with van der Waals surface area (Å²) in [5, 5.41) is 8.10. The molecule has 3 unspecified atom stereocenters. The molecule has 1 aromatic rings. The third-order valence-corrected chi connectivity index (χ3v) is 4.69. The Balaban J connectivity index is 1.54. The van der Waals surface area contributed by atoms with Crippen LogP contribution in [0, 0.1) is 17.8 Å². The molecule has 2 fully saturated rings. The summed E-state index contributed by atoms with van der Waals surface area (Å²) in [6.07, 6.45) is 8.06. The summed E-state index contributed by atoms with van der Waals surface area (Å²) in [5.41, 5.74) is 1.17. The minimum absolute atomic E-state index is 0.528. The number of nitrogens with one attached hydrogen (secondary N) is 1. The molecule has 0 aromatic carbocycles. The Bertz CT molecular complexity index is 396. The van der Waals surface area contributed by atoms with Crippen molar-refractivity contribution in [3.63, 3.8) is 0 Å². The number of nitrogens with zero attached hydrogens (tertiary/aromatic N) is 2. The van der Waals surface area contributed by atoms with Gasteiger partial charge >= 0.3 is 0 Å². The van der Waals surface area contributed by atoms with E-state index in [2.05, 4.69) is 41.2 Å². The van der Waals surface area contributed by atoms with Gasteiger partial charge in [-0.2, -0.15) is 5.10 Å². The number of aromatic nitrogens is 2. The van der Waals surface area contributed by atoms with Crippen LogP contribution in [0.5, 0.6) is 0 Å². The van der Waals surface area contributed by atoms with Gasteiger partial charge in [0.2, 0.25) is 0 Å². The second-order valence-electron chi connectivity index (χ2n) is 6.50. The monoisotopic (exact) mass is 247 g/mol. The molecule has 100 valence electrons. The fourth-order valence-corrected chi connectivity index (χ4v) is 3.75. The van der Waals surface area contributed by atoms with Crippen molar-refractivity contribution in [2.24, 2.45) is 17.8 Å². The molecule has 2 aliphatic carbocycles. The first-order valence-corrected chi connectivity index (χ1v) is 7.46. The Hall–Kier alpha value is -0.830. The molecule has 2 bridgehead atoms. The average molecular weight is 247 g/mol. The van der Waals surface area contributed by atoms with Crippen LogP contribution in [-0.4, -0.2) is 15.8 Å². The standard InChI is InChI=1S/C15H25N3/c1-11(2)16-9-15-5-6-18(17-15)10-14-8-12-3-4-13(14)7-12/h5-6,11-14,16H,3-4,7-10H2,1-2H3. The highest BCUT2D eigenvalue weighted by atomic mass is 15.3. The van der Waals surface area contributed by atoms with E-state index in [9.17, 15) is 0 Å². The molecule has 1 N–H and O–H groups in total. The third kappa shape index (κ3) is 2.61. The van der Waals surface area contributed by atoms with Gasteiger partial charge < -0.3 is 5.32 Å². The van der Waals surface area contributed by atoms with Crippen LogP contribution in [0.2, 0.25) is 0 Å². The minimum Gasteiger partial charge on any atom is -0.309 e. The Labute approximate surface area is 110 Å². The van der Waals surface area contributed by atoms with Crippen LogP contribution in [0.15, 0.2) is 12.3 Å². The molecule has 0 saturated heterocycles. The fraction of sp³-hybridized carbons (Fsp3) is 0.800. The highest BCUT2D eigenvalue weighted by Crippen LogP contribution is 2.48. The van der Waals surface area contributed by atoms with E-state index in [1.807, 2.05) is 0 Å². The lowest BCUT2D eigenvalue weighted by molar-refractivity contribution is 0.285. The predicted molar refractivity (Wildman–Crippen MR) is 73.1 cm³/mol. The third-order valence-electron chi connectivity index (χ3n) is 4.69. The summed E-state index contributed by atoms with van der Waals surface area (Å²) in [7, 11) is 0. The van der Waals surface area contributed by atoms with E-state index in [1.54, 1.807) is 0 Å². The zero-order chi connectivity index (χ0) is 12.5. The maximum atomic E-state index is 4.68. The number of hydrogen-bond acceptors (Lipinski definition) is 2. The van der Waals surface area contributed by atoms with Gasteiger partial charge in [-0.15, -0.1) is 0 Å². The highest BCUT2D eigenvalue weighted by Gasteiger charge is 2.39. The van der Waals surface area contributed by atoms with Gasteiger partial charge in [-0.3, -0.25) is 4.68 Å². The molecule has 1 aromatic heterocycles. The molecule has 0 amide bonds. The van der Waals surface area contributed by atoms with Gasteiger partial charge in [-0.25, -0.2) is 0 Å². The molecule has 3 atom stereocenters. The van der Waals surface area contributed by atoms with Crippen LogP contribution >= 0.6 is 0 Å². The van der Waals surface area contributed by atoms with Gasteiger partial charge in [-0.1, -0.05) is 20.3 Å². The van der Waals surface area contributed by atoms with Gasteiger partial charge in [0, 0.05) is 25.3 Å². The van der Waals surface area contributed by atoms with Crippen LogP contribution in [0.25, 0.3) is 0 Å². The van der Waals surface area contributed by atoms with E-state index in [-0.39, 0.29) is 0 Å². The molecule has 0 spiro atoms. The van der Waals surface area contributed by atoms with Gasteiger partial charge in [0.05, 0.1) is 5.69 Å². The molecule has 0 aliphatic heterocycles. The average Bonchev–Trinajstić information content (AvgIpc) is 3.02. The predicted octanol–water partition coefficient (Wildman–Crippen LogP) is 2.82. The molecular formula is C15H25N3. The lowest BCUT2D eigenvalue weighted by atomic mass is 9.89. The maximum absolute atomic E-state index is 4.68. The smallest absolute Gasteiger partial charge is 0.0762 e. The minimum atomic E-state index is 0.528. The van der Waals surface area contributed by atoms with Gasteiger partial charge in [-0.05, 0) is 43.1 Å². The van der Waals surface area contributed by atoms with Gasteiger partial charge in [0.15, 0.2) is 0 Å². The van der Waals surface area contributed by atoms with E-state index < -0.39 is 0 Å². The van der Waals surface area contributed by atoms with E-state index in [0.717, 1.165) is 30.8 Å². The molecule has 0 radical (unpaired) electrons. The van der Waals surface area contributed by atoms with Crippen LogP contribution in [0.1, 0.15) is 45.2 Å². The van der Waals surface area contributed by atoms with E-state index >= 15 is 0 Å². The van der Waals surface area contributed by atoms with Crippen LogP contribution in [0.3, 0.4) is 0 Å². The lowest BCUT2D eigenvalue weighted by Gasteiger charge is -2.21. The quantitative estimate of drug-likeness (QED) is 0.867. The number of fused-ring (bicyclic) bond motifs is 2. The van der Waals surface area contributed by atoms with Crippen LogP contribution < -0.4 is 5.32 Å². The van der Waals surface area contributed by atoms with Crippen molar-refractivity contribution in [3.8, 4) is 0 Å². The summed E-state index contributed by atoms with van der Waals surface area (Å²) in [4.78, 5) is 0. The van der Waals surface area contributed by atoms with E-state index in [1.165, 1.54) is 31.4 Å². The van der Waals surface area contributed by atoms with Crippen molar-refractivity contribution in [2.45, 2.75) is 58.7 Å².